The Morgan fingerprint density at radius 1 is 0.619 bits per heavy atom. The van der Waals surface area contributed by atoms with Crippen LogP contribution in [-0.2, 0) is 0 Å². The first-order valence-electron chi connectivity index (χ1n) is 6.88. The molecule has 0 aliphatic heterocycles. The summed E-state index contributed by atoms with van der Waals surface area (Å²) in [4.78, 5) is 0. The highest BCUT2D eigenvalue weighted by atomic mass is 15.0. The van der Waals surface area contributed by atoms with E-state index < -0.39 is 0 Å². The molecule has 0 bridgehead atoms. The van der Waals surface area contributed by atoms with Gasteiger partial charge < -0.3 is 16.0 Å². The van der Waals surface area contributed by atoms with E-state index >= 15 is 0 Å². The van der Waals surface area contributed by atoms with Crippen LogP contribution in [0.4, 0.5) is 11.4 Å². The SMILES string of the molecule is Nc1cc(N)cc(-n2c3ccccc3c3ccccc32)c1. The standard InChI is InChI=1S/C18H15N3/c19-12-9-13(20)11-14(10-12)21-17-7-3-1-5-15(17)16-6-2-4-8-18(16)21/h1-11H,19-20H2. The molecule has 3 aromatic carbocycles. The monoisotopic (exact) mass is 273 g/mol. The molecule has 0 saturated carbocycles. The number of benzene rings is 3. The quantitative estimate of drug-likeness (QED) is 0.516. The molecular formula is C18H15N3. The summed E-state index contributed by atoms with van der Waals surface area (Å²) in [5.41, 5.74) is 16.6. The van der Waals surface area contributed by atoms with Crippen molar-refractivity contribution in [3.8, 4) is 5.69 Å². The molecule has 0 saturated heterocycles. The van der Waals surface area contributed by atoms with E-state index in [-0.39, 0.29) is 0 Å². The Morgan fingerprint density at radius 3 is 1.62 bits per heavy atom. The number of nitrogen functional groups attached to an aromatic ring is 2. The van der Waals surface area contributed by atoms with Crippen LogP contribution in [0.2, 0.25) is 0 Å². The zero-order chi connectivity index (χ0) is 14.4. The number of anilines is 2. The predicted octanol–water partition coefficient (Wildman–Crippen LogP) is 3.95. The van der Waals surface area contributed by atoms with E-state index in [0.29, 0.717) is 11.4 Å². The highest BCUT2D eigenvalue weighted by Gasteiger charge is 2.11. The number of hydrogen-bond acceptors (Lipinski definition) is 2. The van der Waals surface area contributed by atoms with Gasteiger partial charge in [-0.15, -0.1) is 0 Å². The van der Waals surface area contributed by atoms with Crippen LogP contribution >= 0.6 is 0 Å². The van der Waals surface area contributed by atoms with E-state index in [1.165, 1.54) is 10.8 Å². The highest BCUT2D eigenvalue weighted by molar-refractivity contribution is 6.09. The normalized spacial score (nSPS) is 11.2. The first-order chi connectivity index (χ1) is 10.2. The third-order valence-electron chi connectivity index (χ3n) is 3.80. The molecule has 0 unspecified atom stereocenters. The maximum atomic E-state index is 5.96. The molecular weight excluding hydrogens is 258 g/mol. The van der Waals surface area contributed by atoms with Gasteiger partial charge in [0.25, 0.3) is 0 Å². The maximum absolute atomic E-state index is 5.96. The molecule has 3 nitrogen and oxygen atoms in total. The average Bonchev–Trinajstić information content (AvgIpc) is 2.81. The number of rotatable bonds is 1. The summed E-state index contributed by atoms with van der Waals surface area (Å²) in [6, 6.07) is 22.4. The molecule has 0 fully saturated rings. The Balaban J connectivity index is 2.20. The van der Waals surface area contributed by atoms with Crippen LogP contribution in [0.1, 0.15) is 0 Å². The lowest BCUT2D eigenvalue weighted by atomic mass is 10.2. The van der Waals surface area contributed by atoms with Crippen LogP contribution < -0.4 is 11.5 Å². The molecule has 4 aromatic rings. The van der Waals surface area contributed by atoms with Crippen molar-refractivity contribution in [2.75, 3.05) is 11.5 Å². The third kappa shape index (κ3) is 1.75. The molecule has 0 amide bonds. The number of aromatic nitrogens is 1. The summed E-state index contributed by atoms with van der Waals surface area (Å²) >= 11 is 0. The van der Waals surface area contributed by atoms with Gasteiger partial charge in [-0.25, -0.2) is 0 Å². The minimum atomic E-state index is 0.673. The van der Waals surface area contributed by atoms with Crippen molar-refractivity contribution >= 4 is 33.2 Å². The summed E-state index contributed by atoms with van der Waals surface area (Å²) in [6.07, 6.45) is 0. The van der Waals surface area contributed by atoms with Crippen LogP contribution in [0.3, 0.4) is 0 Å². The minimum Gasteiger partial charge on any atom is -0.399 e. The van der Waals surface area contributed by atoms with Gasteiger partial charge in [0.1, 0.15) is 0 Å². The van der Waals surface area contributed by atoms with Crippen LogP contribution in [0, 0.1) is 0 Å². The number of nitrogens with two attached hydrogens (primary N) is 2. The summed E-state index contributed by atoms with van der Waals surface area (Å²) in [5, 5.41) is 2.46. The van der Waals surface area contributed by atoms with Gasteiger partial charge in [-0.2, -0.15) is 0 Å². The van der Waals surface area contributed by atoms with Crippen LogP contribution in [0.5, 0.6) is 0 Å². The number of para-hydroxylation sites is 2. The molecule has 1 heterocycles. The Bertz CT molecular complexity index is 893. The first-order valence-corrected chi connectivity index (χ1v) is 6.88. The molecule has 21 heavy (non-hydrogen) atoms. The molecule has 0 aliphatic rings. The van der Waals surface area contributed by atoms with Crippen molar-refractivity contribution in [3.63, 3.8) is 0 Å². The lowest BCUT2D eigenvalue weighted by Crippen LogP contribution is -1.98. The van der Waals surface area contributed by atoms with Crippen molar-refractivity contribution in [3.05, 3.63) is 66.7 Å². The largest absolute Gasteiger partial charge is 0.399 e. The zero-order valence-corrected chi connectivity index (χ0v) is 11.5. The highest BCUT2D eigenvalue weighted by Crippen LogP contribution is 2.32. The molecule has 0 radical (unpaired) electrons. The maximum Gasteiger partial charge on any atom is 0.0541 e. The van der Waals surface area contributed by atoms with Gasteiger partial charge in [0.15, 0.2) is 0 Å². The predicted molar refractivity (Wildman–Crippen MR) is 89.6 cm³/mol. The minimum absolute atomic E-state index is 0.673. The summed E-state index contributed by atoms with van der Waals surface area (Å²) in [5.74, 6) is 0. The van der Waals surface area contributed by atoms with Gasteiger partial charge in [-0.3, -0.25) is 0 Å². The van der Waals surface area contributed by atoms with E-state index in [1.807, 2.05) is 24.3 Å². The van der Waals surface area contributed by atoms with Gasteiger partial charge in [-0.05, 0) is 30.3 Å². The van der Waals surface area contributed by atoms with E-state index in [0.717, 1.165) is 16.7 Å². The van der Waals surface area contributed by atoms with Gasteiger partial charge in [0, 0.05) is 22.1 Å². The fourth-order valence-corrected chi connectivity index (χ4v) is 2.99. The van der Waals surface area contributed by atoms with E-state index in [9.17, 15) is 0 Å². The molecule has 0 spiro atoms. The number of fused-ring (bicyclic) bond motifs is 3. The smallest absolute Gasteiger partial charge is 0.0541 e. The number of nitrogens with zero attached hydrogens (tertiary/aromatic N) is 1. The van der Waals surface area contributed by atoms with Gasteiger partial charge in [0.2, 0.25) is 0 Å². The molecule has 102 valence electrons. The Kier molecular flexibility index (Phi) is 2.42. The molecule has 0 aliphatic carbocycles. The van der Waals surface area contributed by atoms with Crippen LogP contribution in [0.15, 0.2) is 66.7 Å². The topological polar surface area (TPSA) is 57.0 Å². The fraction of sp³-hybridized carbons (Fsp3) is 0. The van der Waals surface area contributed by atoms with Gasteiger partial charge >= 0.3 is 0 Å². The third-order valence-corrected chi connectivity index (χ3v) is 3.80. The van der Waals surface area contributed by atoms with E-state index in [4.69, 9.17) is 11.5 Å². The van der Waals surface area contributed by atoms with Crippen molar-refractivity contribution in [1.82, 2.24) is 4.57 Å². The van der Waals surface area contributed by atoms with Crippen molar-refractivity contribution in [2.24, 2.45) is 0 Å². The van der Waals surface area contributed by atoms with Crippen LogP contribution in [-0.4, -0.2) is 4.57 Å². The summed E-state index contributed by atoms with van der Waals surface area (Å²) in [7, 11) is 0. The molecule has 4 N–H and O–H groups in total. The lowest BCUT2D eigenvalue weighted by molar-refractivity contribution is 1.18. The second-order valence-corrected chi connectivity index (χ2v) is 5.23. The van der Waals surface area contributed by atoms with E-state index in [1.54, 1.807) is 6.07 Å². The Labute approximate surface area is 122 Å². The number of hydrogen-bond donors (Lipinski definition) is 2. The summed E-state index contributed by atoms with van der Waals surface area (Å²) < 4.78 is 2.21. The molecule has 1 aromatic heterocycles. The van der Waals surface area contributed by atoms with Gasteiger partial charge in [0.05, 0.1) is 16.7 Å². The lowest BCUT2D eigenvalue weighted by Gasteiger charge is -2.09. The average molecular weight is 273 g/mol. The molecule has 3 heteroatoms. The van der Waals surface area contributed by atoms with Crippen molar-refractivity contribution in [1.29, 1.82) is 0 Å². The van der Waals surface area contributed by atoms with Crippen LogP contribution in [0.25, 0.3) is 27.5 Å². The fourth-order valence-electron chi connectivity index (χ4n) is 2.99. The summed E-state index contributed by atoms with van der Waals surface area (Å²) in [6.45, 7) is 0. The first kappa shape index (κ1) is 11.9. The second-order valence-electron chi connectivity index (χ2n) is 5.23. The zero-order valence-electron chi connectivity index (χ0n) is 11.5. The van der Waals surface area contributed by atoms with Crippen molar-refractivity contribution < 1.29 is 0 Å². The van der Waals surface area contributed by atoms with Crippen molar-refractivity contribution in [2.45, 2.75) is 0 Å². The molecule has 0 atom stereocenters. The Morgan fingerprint density at radius 2 is 1.10 bits per heavy atom. The Hall–Kier alpha value is -2.94. The second kappa shape index (κ2) is 4.28. The molecule has 4 rings (SSSR count). The van der Waals surface area contributed by atoms with Gasteiger partial charge in [-0.1, -0.05) is 36.4 Å². The van der Waals surface area contributed by atoms with E-state index in [2.05, 4.69) is 41.0 Å².